The van der Waals surface area contributed by atoms with Crippen molar-refractivity contribution >= 4 is 11.8 Å². The number of nitrogens with one attached hydrogen (secondary N) is 1. The Kier molecular flexibility index (Phi) is 5.93. The number of rotatable bonds is 5. The zero-order valence-electron chi connectivity index (χ0n) is 15.0. The Morgan fingerprint density at radius 3 is 2.44 bits per heavy atom. The maximum Gasteiger partial charge on any atom is 0.289 e. The highest BCUT2D eigenvalue weighted by atomic mass is 16.5. The lowest BCUT2D eigenvalue weighted by Crippen LogP contribution is -2.47. The second-order valence-corrected chi connectivity index (χ2v) is 6.12. The molecule has 0 radical (unpaired) electrons. The minimum Gasteiger partial charge on any atom is -0.436 e. The van der Waals surface area contributed by atoms with E-state index in [9.17, 15) is 9.59 Å². The lowest BCUT2D eigenvalue weighted by Gasteiger charge is -2.32. The van der Waals surface area contributed by atoms with E-state index in [4.69, 9.17) is 4.74 Å². The summed E-state index contributed by atoms with van der Waals surface area (Å²) in [6, 6.07) is 3.64. The fourth-order valence-electron chi connectivity index (χ4n) is 2.45. The molecule has 1 aromatic heterocycles. The summed E-state index contributed by atoms with van der Waals surface area (Å²) in [4.78, 5) is 32.6. The highest BCUT2D eigenvalue weighted by molar-refractivity contribution is 5.95. The predicted octanol–water partition coefficient (Wildman–Crippen LogP) is 1.20. The van der Waals surface area contributed by atoms with Gasteiger partial charge < -0.3 is 14.5 Å². The van der Waals surface area contributed by atoms with Crippen LogP contribution in [0.2, 0.25) is 0 Å². The highest BCUT2D eigenvalue weighted by Crippen LogP contribution is 2.10. The van der Waals surface area contributed by atoms with E-state index in [-0.39, 0.29) is 17.5 Å². The first-order valence-corrected chi connectivity index (χ1v) is 8.07. The Morgan fingerprint density at radius 1 is 1.16 bits per heavy atom. The van der Waals surface area contributed by atoms with Gasteiger partial charge in [0.2, 0.25) is 0 Å². The standard InChI is InChI=1S/C18H24N4O3/c1-12-6-7-13(2)19-16(12)17(23)20-15(4)25-14(3)18(24)22-10-8-21(5)9-11-22/h6-7H,3-4,8-11H2,1-2,5H3,(H,20,23). The van der Waals surface area contributed by atoms with E-state index in [1.54, 1.807) is 18.7 Å². The molecule has 0 aliphatic carbocycles. The van der Waals surface area contributed by atoms with E-state index in [2.05, 4.69) is 28.4 Å². The van der Waals surface area contributed by atoms with Crippen molar-refractivity contribution in [2.75, 3.05) is 33.2 Å². The molecule has 1 aliphatic rings. The molecule has 0 atom stereocenters. The maximum atomic E-state index is 12.3. The van der Waals surface area contributed by atoms with Crippen LogP contribution in [0.1, 0.15) is 21.7 Å². The van der Waals surface area contributed by atoms with Gasteiger partial charge in [-0.1, -0.05) is 12.6 Å². The van der Waals surface area contributed by atoms with Crippen molar-refractivity contribution < 1.29 is 14.3 Å². The first kappa shape index (κ1) is 18.7. The van der Waals surface area contributed by atoms with Crippen LogP contribution in [0, 0.1) is 13.8 Å². The van der Waals surface area contributed by atoms with Crippen molar-refractivity contribution in [2.24, 2.45) is 0 Å². The molecular formula is C18H24N4O3. The van der Waals surface area contributed by atoms with Crippen LogP contribution in [0.5, 0.6) is 0 Å². The molecule has 1 aliphatic heterocycles. The first-order chi connectivity index (χ1) is 11.8. The Labute approximate surface area is 148 Å². The van der Waals surface area contributed by atoms with Crippen LogP contribution in [-0.4, -0.2) is 59.8 Å². The van der Waals surface area contributed by atoms with Crippen LogP contribution in [-0.2, 0) is 9.53 Å². The third kappa shape index (κ3) is 4.90. The minimum absolute atomic E-state index is 0.0554. The van der Waals surface area contributed by atoms with Gasteiger partial charge in [0, 0.05) is 31.9 Å². The van der Waals surface area contributed by atoms with E-state index >= 15 is 0 Å². The van der Waals surface area contributed by atoms with Crippen molar-refractivity contribution in [3.8, 4) is 0 Å². The van der Waals surface area contributed by atoms with E-state index < -0.39 is 5.91 Å². The molecule has 25 heavy (non-hydrogen) atoms. The van der Waals surface area contributed by atoms with Crippen LogP contribution < -0.4 is 5.32 Å². The fraction of sp³-hybridized carbons (Fsp3) is 0.389. The average molecular weight is 344 g/mol. The number of hydrogen-bond acceptors (Lipinski definition) is 5. The minimum atomic E-state index is -0.439. The summed E-state index contributed by atoms with van der Waals surface area (Å²) in [5.41, 5.74) is 1.76. The second-order valence-electron chi connectivity index (χ2n) is 6.12. The first-order valence-electron chi connectivity index (χ1n) is 8.07. The molecule has 1 fully saturated rings. The molecule has 2 rings (SSSR count). The Bertz CT molecular complexity index is 706. The second kappa shape index (κ2) is 7.94. The van der Waals surface area contributed by atoms with Gasteiger partial charge in [-0.05, 0) is 39.1 Å². The van der Waals surface area contributed by atoms with Crippen molar-refractivity contribution in [3.05, 3.63) is 53.9 Å². The SMILES string of the molecule is C=C(NC(=O)c1nc(C)ccc1C)OC(=C)C(=O)N1CCN(C)CC1. The summed E-state index contributed by atoms with van der Waals surface area (Å²) in [5, 5.41) is 2.50. The molecule has 0 saturated carbocycles. The molecule has 1 N–H and O–H groups in total. The van der Waals surface area contributed by atoms with Gasteiger partial charge in [0.05, 0.1) is 0 Å². The molecule has 134 valence electrons. The average Bonchev–Trinajstić information content (AvgIpc) is 2.56. The van der Waals surface area contributed by atoms with Gasteiger partial charge in [0.15, 0.2) is 11.6 Å². The number of ether oxygens (including phenoxy) is 1. The molecule has 0 unspecified atom stereocenters. The number of likely N-dealkylation sites (N-methyl/N-ethyl adjacent to an activating group) is 1. The summed E-state index contributed by atoms with van der Waals surface area (Å²) in [6.45, 7) is 13.7. The largest absolute Gasteiger partial charge is 0.436 e. The molecule has 0 bridgehead atoms. The van der Waals surface area contributed by atoms with Crippen LogP contribution >= 0.6 is 0 Å². The Morgan fingerprint density at radius 2 is 1.80 bits per heavy atom. The summed E-state index contributed by atoms with van der Waals surface area (Å²) < 4.78 is 5.30. The molecular weight excluding hydrogens is 320 g/mol. The van der Waals surface area contributed by atoms with Gasteiger partial charge >= 0.3 is 0 Å². The molecule has 7 nitrogen and oxygen atoms in total. The molecule has 1 saturated heterocycles. The third-order valence-electron chi connectivity index (χ3n) is 3.98. The van der Waals surface area contributed by atoms with Crippen LogP contribution in [0.4, 0.5) is 0 Å². The monoisotopic (exact) mass is 344 g/mol. The lowest BCUT2D eigenvalue weighted by molar-refractivity contribution is -0.131. The van der Waals surface area contributed by atoms with E-state index in [0.29, 0.717) is 18.8 Å². The zero-order chi connectivity index (χ0) is 18.6. The maximum absolute atomic E-state index is 12.3. The quantitative estimate of drug-likeness (QED) is 0.642. The molecule has 2 heterocycles. The van der Waals surface area contributed by atoms with E-state index in [1.165, 1.54) is 0 Å². The predicted molar refractivity (Wildman–Crippen MR) is 94.6 cm³/mol. The van der Waals surface area contributed by atoms with Gasteiger partial charge in [0.25, 0.3) is 11.8 Å². The van der Waals surface area contributed by atoms with Gasteiger partial charge in [0.1, 0.15) is 5.69 Å². The normalized spacial score (nSPS) is 14.8. The lowest BCUT2D eigenvalue weighted by atomic mass is 10.2. The van der Waals surface area contributed by atoms with Gasteiger partial charge in [-0.3, -0.25) is 14.9 Å². The van der Waals surface area contributed by atoms with Crippen LogP contribution in [0.15, 0.2) is 36.9 Å². The number of carbonyl (C=O) groups is 2. The molecule has 2 amide bonds. The number of hydrogen-bond donors (Lipinski definition) is 1. The summed E-state index contributed by atoms with van der Waals surface area (Å²) in [5.74, 6) is -0.858. The van der Waals surface area contributed by atoms with Crippen LogP contribution in [0.25, 0.3) is 0 Å². The smallest absolute Gasteiger partial charge is 0.289 e. The fourth-order valence-corrected chi connectivity index (χ4v) is 2.45. The number of amides is 2. The number of piperazine rings is 1. The van der Waals surface area contributed by atoms with Crippen molar-refractivity contribution in [1.82, 2.24) is 20.1 Å². The van der Waals surface area contributed by atoms with Crippen molar-refractivity contribution in [2.45, 2.75) is 13.8 Å². The summed E-state index contributed by atoms with van der Waals surface area (Å²) in [7, 11) is 2.01. The van der Waals surface area contributed by atoms with Gasteiger partial charge in [-0.2, -0.15) is 0 Å². The van der Waals surface area contributed by atoms with Gasteiger partial charge in [-0.25, -0.2) is 4.98 Å². The molecule has 0 spiro atoms. The van der Waals surface area contributed by atoms with E-state index in [0.717, 1.165) is 24.3 Å². The third-order valence-corrected chi connectivity index (χ3v) is 3.98. The zero-order valence-corrected chi connectivity index (χ0v) is 15.0. The number of nitrogens with zero attached hydrogens (tertiary/aromatic N) is 3. The number of carbonyl (C=O) groups excluding carboxylic acids is 2. The Hall–Kier alpha value is -2.67. The summed E-state index contributed by atoms with van der Waals surface area (Å²) >= 11 is 0. The molecule has 0 aromatic carbocycles. The van der Waals surface area contributed by atoms with E-state index in [1.807, 2.05) is 19.2 Å². The summed E-state index contributed by atoms with van der Waals surface area (Å²) in [6.07, 6.45) is 0. The van der Waals surface area contributed by atoms with Gasteiger partial charge in [-0.15, -0.1) is 0 Å². The number of pyridine rings is 1. The molecule has 1 aromatic rings. The van der Waals surface area contributed by atoms with Crippen LogP contribution in [0.3, 0.4) is 0 Å². The number of aromatic nitrogens is 1. The molecule has 7 heteroatoms. The van der Waals surface area contributed by atoms with Crippen molar-refractivity contribution in [3.63, 3.8) is 0 Å². The Balaban J connectivity index is 1.91. The highest BCUT2D eigenvalue weighted by Gasteiger charge is 2.23. The van der Waals surface area contributed by atoms with Crippen molar-refractivity contribution in [1.29, 1.82) is 0 Å². The topological polar surface area (TPSA) is 74.8 Å². The number of aryl methyl sites for hydroxylation is 2.